The number of rotatable bonds is 4. The summed E-state index contributed by atoms with van der Waals surface area (Å²) in [5.41, 5.74) is 2.30. The smallest absolute Gasteiger partial charge is 0.242 e. The Bertz CT molecular complexity index is 899. The number of hydrogen-bond acceptors (Lipinski definition) is 3. The van der Waals surface area contributed by atoms with E-state index >= 15 is 0 Å². The van der Waals surface area contributed by atoms with Crippen LogP contribution in [0.25, 0.3) is 11.1 Å². The van der Waals surface area contributed by atoms with Crippen molar-refractivity contribution in [2.75, 3.05) is 19.7 Å². The highest BCUT2D eigenvalue weighted by Gasteiger charge is 2.54. The molecule has 0 spiro atoms. The molecule has 0 bridgehead atoms. The van der Waals surface area contributed by atoms with Gasteiger partial charge in [-0.2, -0.15) is 0 Å². The van der Waals surface area contributed by atoms with Gasteiger partial charge in [-0.3, -0.25) is 9.59 Å². The summed E-state index contributed by atoms with van der Waals surface area (Å²) in [4.78, 5) is 27.9. The summed E-state index contributed by atoms with van der Waals surface area (Å²) in [6.07, 6.45) is 0.366. The minimum Gasteiger partial charge on any atom is -0.394 e. The van der Waals surface area contributed by atoms with Gasteiger partial charge in [0.25, 0.3) is 0 Å². The third-order valence-corrected chi connectivity index (χ3v) is 5.89. The van der Waals surface area contributed by atoms with Gasteiger partial charge in [0.1, 0.15) is 5.82 Å². The highest BCUT2D eigenvalue weighted by molar-refractivity contribution is 5.87. The number of carbonyl (C=O) groups is 2. The zero-order valence-electron chi connectivity index (χ0n) is 15.7. The van der Waals surface area contributed by atoms with E-state index < -0.39 is 0 Å². The number of aliphatic hydroxyl groups is 1. The van der Waals surface area contributed by atoms with Gasteiger partial charge < -0.3 is 14.9 Å². The maximum absolute atomic E-state index is 14.0. The van der Waals surface area contributed by atoms with Crippen LogP contribution in [0.3, 0.4) is 0 Å². The molecule has 6 heteroatoms. The van der Waals surface area contributed by atoms with E-state index in [2.05, 4.69) is 0 Å². The van der Waals surface area contributed by atoms with Gasteiger partial charge in [0.15, 0.2) is 0 Å². The predicted molar refractivity (Wildman–Crippen MR) is 103 cm³/mol. The average Bonchev–Trinajstić information content (AvgIpc) is 2.70. The summed E-state index contributed by atoms with van der Waals surface area (Å²) in [6, 6.07) is 13.8. The quantitative estimate of drug-likeness (QED) is 0.883. The summed E-state index contributed by atoms with van der Waals surface area (Å²) in [6.45, 7) is 2.23. The molecule has 5 nitrogen and oxygen atoms in total. The molecule has 3 atom stereocenters. The lowest BCUT2D eigenvalue weighted by Gasteiger charge is -2.58. The van der Waals surface area contributed by atoms with Crippen molar-refractivity contribution in [3.63, 3.8) is 0 Å². The minimum atomic E-state index is -0.282. The van der Waals surface area contributed by atoms with Crippen molar-refractivity contribution in [1.82, 2.24) is 9.80 Å². The lowest BCUT2D eigenvalue weighted by atomic mass is 9.73. The highest BCUT2D eigenvalue weighted by Crippen LogP contribution is 2.43. The molecule has 2 aromatic carbocycles. The molecule has 0 saturated carbocycles. The number of nitrogens with zero attached hydrogens (tertiary/aromatic N) is 2. The largest absolute Gasteiger partial charge is 0.394 e. The number of halogens is 1. The predicted octanol–water partition coefficient (Wildman–Crippen LogP) is 2.40. The standard InChI is InChI=1S/C22H23FN2O3/c1-2-20(27)24-11-18-22(19(13-26)25(18)21(28)12-24)15-9-7-14(8-10-15)16-5-3-4-6-17(16)23/h3-10,18-19,22,26H,2,11-13H2,1H3/t18-,19-,22+/m1/s1. The first kappa shape index (κ1) is 18.6. The molecule has 2 heterocycles. The van der Waals surface area contributed by atoms with Crippen LogP contribution in [-0.4, -0.2) is 58.5 Å². The second-order valence-electron chi connectivity index (χ2n) is 7.37. The van der Waals surface area contributed by atoms with E-state index in [1.165, 1.54) is 6.07 Å². The topological polar surface area (TPSA) is 60.9 Å². The van der Waals surface area contributed by atoms with Crippen molar-refractivity contribution >= 4 is 11.8 Å². The number of amides is 2. The van der Waals surface area contributed by atoms with Gasteiger partial charge in [-0.05, 0) is 17.2 Å². The first-order valence-corrected chi connectivity index (χ1v) is 9.59. The van der Waals surface area contributed by atoms with E-state index in [1.807, 2.05) is 24.3 Å². The Balaban J connectivity index is 1.60. The number of hydrogen-bond donors (Lipinski definition) is 1. The van der Waals surface area contributed by atoms with E-state index in [9.17, 15) is 19.1 Å². The Kier molecular flexibility index (Phi) is 4.89. The fraction of sp³-hybridized carbons (Fsp3) is 0.364. The lowest BCUT2D eigenvalue weighted by molar-refractivity contribution is -0.166. The zero-order valence-corrected chi connectivity index (χ0v) is 15.7. The Hall–Kier alpha value is -2.73. The molecular weight excluding hydrogens is 359 g/mol. The molecular formula is C22H23FN2O3. The maximum Gasteiger partial charge on any atom is 0.242 e. The van der Waals surface area contributed by atoms with E-state index in [0.717, 1.165) is 11.1 Å². The zero-order chi connectivity index (χ0) is 19.8. The van der Waals surface area contributed by atoms with Gasteiger partial charge in [0.2, 0.25) is 11.8 Å². The van der Waals surface area contributed by atoms with Gasteiger partial charge in [0, 0.05) is 24.4 Å². The van der Waals surface area contributed by atoms with Crippen LogP contribution in [0.2, 0.25) is 0 Å². The van der Waals surface area contributed by atoms with Crippen molar-refractivity contribution in [3.8, 4) is 11.1 Å². The molecule has 0 radical (unpaired) electrons. The van der Waals surface area contributed by atoms with Crippen LogP contribution >= 0.6 is 0 Å². The third kappa shape index (κ3) is 2.98. The molecule has 2 aliphatic heterocycles. The molecule has 0 aromatic heterocycles. The number of fused-ring (bicyclic) bond motifs is 1. The first-order chi connectivity index (χ1) is 13.5. The maximum atomic E-state index is 14.0. The van der Waals surface area contributed by atoms with E-state index in [1.54, 1.807) is 34.9 Å². The molecule has 2 amide bonds. The summed E-state index contributed by atoms with van der Waals surface area (Å²) >= 11 is 0. The molecule has 2 aromatic rings. The average molecular weight is 382 g/mol. The van der Waals surface area contributed by atoms with Crippen molar-refractivity contribution < 1.29 is 19.1 Å². The molecule has 2 saturated heterocycles. The molecule has 4 rings (SSSR count). The second kappa shape index (κ2) is 7.36. The summed E-state index contributed by atoms with van der Waals surface area (Å²) in [5, 5.41) is 9.84. The van der Waals surface area contributed by atoms with Gasteiger partial charge >= 0.3 is 0 Å². The molecule has 2 aliphatic rings. The van der Waals surface area contributed by atoms with E-state index in [-0.39, 0.29) is 48.8 Å². The van der Waals surface area contributed by atoms with Crippen LogP contribution in [0.15, 0.2) is 48.5 Å². The number of aliphatic hydroxyl groups excluding tert-OH is 1. The van der Waals surface area contributed by atoms with E-state index in [0.29, 0.717) is 18.5 Å². The SMILES string of the molecule is CCC(=O)N1CC(=O)N2[C@H](CO)[C@@H](c3ccc(-c4ccccc4F)cc3)[C@H]2C1. The fourth-order valence-electron chi connectivity index (χ4n) is 4.49. The Morgan fingerprint density at radius 2 is 1.89 bits per heavy atom. The second-order valence-corrected chi connectivity index (χ2v) is 7.37. The van der Waals surface area contributed by atoms with Crippen molar-refractivity contribution in [3.05, 3.63) is 59.9 Å². The van der Waals surface area contributed by atoms with Crippen LogP contribution in [0.5, 0.6) is 0 Å². The summed E-state index contributed by atoms with van der Waals surface area (Å²) in [7, 11) is 0. The monoisotopic (exact) mass is 382 g/mol. The number of piperazine rings is 1. The van der Waals surface area contributed by atoms with Gasteiger partial charge in [-0.15, -0.1) is 0 Å². The van der Waals surface area contributed by atoms with E-state index in [4.69, 9.17) is 0 Å². The van der Waals surface area contributed by atoms with Gasteiger partial charge in [-0.1, -0.05) is 49.4 Å². The fourth-order valence-corrected chi connectivity index (χ4v) is 4.49. The molecule has 2 fully saturated rings. The lowest BCUT2D eigenvalue weighted by Crippen LogP contribution is -2.73. The Morgan fingerprint density at radius 3 is 2.54 bits per heavy atom. The minimum absolute atomic E-state index is 0.0332. The van der Waals surface area contributed by atoms with Gasteiger partial charge in [-0.25, -0.2) is 4.39 Å². The Labute approximate surface area is 163 Å². The molecule has 0 aliphatic carbocycles. The Morgan fingerprint density at radius 1 is 1.18 bits per heavy atom. The van der Waals surface area contributed by atoms with Crippen LogP contribution in [0.4, 0.5) is 4.39 Å². The van der Waals surface area contributed by atoms with Crippen molar-refractivity contribution in [2.24, 2.45) is 0 Å². The molecule has 28 heavy (non-hydrogen) atoms. The molecule has 146 valence electrons. The number of carbonyl (C=O) groups excluding carboxylic acids is 2. The van der Waals surface area contributed by atoms with Crippen molar-refractivity contribution in [1.29, 1.82) is 0 Å². The van der Waals surface area contributed by atoms with Gasteiger partial charge in [0.05, 0.1) is 25.2 Å². The molecule has 0 unspecified atom stereocenters. The highest BCUT2D eigenvalue weighted by atomic mass is 19.1. The first-order valence-electron chi connectivity index (χ1n) is 9.59. The third-order valence-electron chi connectivity index (χ3n) is 5.89. The number of benzene rings is 2. The molecule has 1 N–H and O–H groups in total. The van der Waals surface area contributed by atoms with Crippen LogP contribution in [0, 0.1) is 5.82 Å². The summed E-state index contributed by atoms with van der Waals surface area (Å²) in [5.74, 6) is -0.466. The van der Waals surface area contributed by atoms with Crippen LogP contribution in [-0.2, 0) is 9.59 Å². The summed E-state index contributed by atoms with van der Waals surface area (Å²) < 4.78 is 14.0. The van der Waals surface area contributed by atoms with Crippen LogP contribution in [0.1, 0.15) is 24.8 Å². The van der Waals surface area contributed by atoms with Crippen molar-refractivity contribution in [2.45, 2.75) is 31.3 Å². The van der Waals surface area contributed by atoms with Crippen LogP contribution < -0.4 is 0 Å². The normalized spacial score (nSPS) is 24.0.